The number of aromatic nitrogens is 1. The zero-order valence-corrected chi connectivity index (χ0v) is 19.1. The predicted octanol–water partition coefficient (Wildman–Crippen LogP) is 3.95. The standard InChI is InChI=1S/C26H25N3O5/c1-16(25(30)27-15-18-7-6-12-34-18)28-26(31)20-14-22(29-21-9-5-4-8-19(20)21)17-10-11-23(32-2)24(13-17)33-3/h4-14,16H,15H2,1-3H3,(H,27,30)(H,28,31). The van der Waals surface area contributed by atoms with E-state index >= 15 is 0 Å². The Hall–Kier alpha value is -4.33. The Morgan fingerprint density at radius 2 is 1.79 bits per heavy atom. The molecule has 0 bridgehead atoms. The smallest absolute Gasteiger partial charge is 0.252 e. The van der Waals surface area contributed by atoms with E-state index < -0.39 is 6.04 Å². The minimum absolute atomic E-state index is 0.244. The lowest BCUT2D eigenvalue weighted by Crippen LogP contribution is -2.44. The molecule has 2 heterocycles. The van der Waals surface area contributed by atoms with Crippen LogP contribution in [0.4, 0.5) is 0 Å². The molecule has 0 spiro atoms. The van der Waals surface area contributed by atoms with Gasteiger partial charge in [-0.05, 0) is 49.4 Å². The molecular formula is C26H25N3O5. The van der Waals surface area contributed by atoms with Crippen molar-refractivity contribution < 1.29 is 23.5 Å². The molecule has 174 valence electrons. The molecule has 0 radical (unpaired) electrons. The van der Waals surface area contributed by atoms with Crippen molar-refractivity contribution in [1.82, 2.24) is 15.6 Å². The van der Waals surface area contributed by atoms with Crippen molar-refractivity contribution in [2.75, 3.05) is 14.2 Å². The summed E-state index contributed by atoms with van der Waals surface area (Å²) in [7, 11) is 3.13. The number of pyridine rings is 1. The minimum atomic E-state index is -0.751. The van der Waals surface area contributed by atoms with E-state index in [1.807, 2.05) is 36.4 Å². The molecule has 0 aliphatic heterocycles. The Kier molecular flexibility index (Phi) is 6.77. The molecule has 0 aliphatic carbocycles. The Balaban J connectivity index is 1.61. The van der Waals surface area contributed by atoms with Gasteiger partial charge >= 0.3 is 0 Å². The second-order valence-electron chi connectivity index (χ2n) is 7.63. The molecule has 0 saturated heterocycles. The van der Waals surface area contributed by atoms with Gasteiger partial charge in [0.1, 0.15) is 11.8 Å². The van der Waals surface area contributed by atoms with E-state index in [9.17, 15) is 9.59 Å². The van der Waals surface area contributed by atoms with E-state index in [1.165, 1.54) is 6.26 Å². The largest absolute Gasteiger partial charge is 0.493 e. The van der Waals surface area contributed by atoms with Crippen LogP contribution in [0.5, 0.6) is 11.5 Å². The molecule has 1 atom stereocenters. The summed E-state index contributed by atoms with van der Waals surface area (Å²) in [6.45, 7) is 1.88. The van der Waals surface area contributed by atoms with Crippen molar-refractivity contribution in [3.05, 3.63) is 78.3 Å². The fourth-order valence-electron chi connectivity index (χ4n) is 3.59. The molecule has 2 amide bonds. The molecule has 4 aromatic rings. The highest BCUT2D eigenvalue weighted by Gasteiger charge is 2.20. The average Bonchev–Trinajstić information content (AvgIpc) is 3.39. The lowest BCUT2D eigenvalue weighted by atomic mass is 10.0. The molecule has 8 nitrogen and oxygen atoms in total. The fourth-order valence-corrected chi connectivity index (χ4v) is 3.59. The number of furan rings is 1. The number of hydrogen-bond donors (Lipinski definition) is 2. The Morgan fingerprint density at radius 1 is 1.00 bits per heavy atom. The van der Waals surface area contributed by atoms with Gasteiger partial charge in [-0.1, -0.05) is 18.2 Å². The van der Waals surface area contributed by atoms with Gasteiger partial charge in [-0.25, -0.2) is 4.98 Å². The second-order valence-corrected chi connectivity index (χ2v) is 7.63. The first kappa shape index (κ1) is 22.8. The number of fused-ring (bicyclic) bond motifs is 1. The number of carbonyl (C=O) groups is 2. The molecule has 0 aliphatic rings. The highest BCUT2D eigenvalue weighted by atomic mass is 16.5. The first-order valence-corrected chi connectivity index (χ1v) is 10.7. The first-order chi connectivity index (χ1) is 16.5. The number of para-hydroxylation sites is 1. The number of carbonyl (C=O) groups excluding carboxylic acids is 2. The van der Waals surface area contributed by atoms with Crippen molar-refractivity contribution in [3.8, 4) is 22.8 Å². The molecule has 0 saturated carbocycles. The number of nitrogens with zero attached hydrogens (tertiary/aromatic N) is 1. The van der Waals surface area contributed by atoms with Crippen LogP contribution in [0.1, 0.15) is 23.0 Å². The Morgan fingerprint density at radius 3 is 2.53 bits per heavy atom. The van der Waals surface area contributed by atoms with Gasteiger partial charge < -0.3 is 24.5 Å². The summed E-state index contributed by atoms with van der Waals surface area (Å²) in [5.41, 5.74) is 2.44. The molecular weight excluding hydrogens is 434 g/mol. The summed E-state index contributed by atoms with van der Waals surface area (Å²) in [6.07, 6.45) is 1.54. The summed E-state index contributed by atoms with van der Waals surface area (Å²) < 4.78 is 15.9. The van der Waals surface area contributed by atoms with Crippen LogP contribution in [0, 0.1) is 0 Å². The minimum Gasteiger partial charge on any atom is -0.493 e. The molecule has 1 unspecified atom stereocenters. The Bertz CT molecular complexity index is 1320. The molecule has 0 fully saturated rings. The van der Waals surface area contributed by atoms with Crippen molar-refractivity contribution in [2.24, 2.45) is 0 Å². The van der Waals surface area contributed by atoms with Crippen LogP contribution in [0.25, 0.3) is 22.2 Å². The lowest BCUT2D eigenvalue weighted by molar-refractivity contribution is -0.122. The van der Waals surface area contributed by atoms with Crippen LogP contribution >= 0.6 is 0 Å². The molecule has 34 heavy (non-hydrogen) atoms. The third kappa shape index (κ3) is 4.85. The molecule has 8 heteroatoms. The van der Waals surface area contributed by atoms with E-state index in [1.54, 1.807) is 45.4 Å². The van der Waals surface area contributed by atoms with Gasteiger partial charge in [-0.15, -0.1) is 0 Å². The third-order valence-electron chi connectivity index (χ3n) is 5.40. The van der Waals surface area contributed by atoms with Crippen molar-refractivity contribution in [2.45, 2.75) is 19.5 Å². The molecule has 2 aromatic carbocycles. The summed E-state index contributed by atoms with van der Waals surface area (Å²) >= 11 is 0. The van der Waals surface area contributed by atoms with Gasteiger partial charge in [0.15, 0.2) is 11.5 Å². The van der Waals surface area contributed by atoms with Gasteiger partial charge in [0.25, 0.3) is 5.91 Å². The van der Waals surface area contributed by atoms with Crippen LogP contribution in [0.15, 0.2) is 71.3 Å². The average molecular weight is 460 g/mol. The van der Waals surface area contributed by atoms with Gasteiger partial charge in [-0.2, -0.15) is 0 Å². The van der Waals surface area contributed by atoms with Crippen LogP contribution < -0.4 is 20.1 Å². The first-order valence-electron chi connectivity index (χ1n) is 10.7. The van der Waals surface area contributed by atoms with Crippen LogP contribution in [-0.2, 0) is 11.3 Å². The van der Waals surface area contributed by atoms with E-state index in [4.69, 9.17) is 18.9 Å². The van der Waals surface area contributed by atoms with Gasteiger partial charge in [0, 0.05) is 10.9 Å². The summed E-state index contributed by atoms with van der Waals surface area (Å²) in [4.78, 5) is 30.4. The van der Waals surface area contributed by atoms with Crippen LogP contribution in [0.3, 0.4) is 0 Å². The van der Waals surface area contributed by atoms with Gasteiger partial charge in [0.05, 0.1) is 43.8 Å². The maximum Gasteiger partial charge on any atom is 0.252 e. The highest BCUT2D eigenvalue weighted by molar-refractivity contribution is 6.08. The van der Waals surface area contributed by atoms with Crippen LogP contribution in [0.2, 0.25) is 0 Å². The maximum absolute atomic E-state index is 13.2. The monoisotopic (exact) mass is 459 g/mol. The summed E-state index contributed by atoms with van der Waals surface area (Å²) in [6, 6.07) is 17.3. The Labute approximate surface area is 196 Å². The van der Waals surface area contributed by atoms with Gasteiger partial charge in [0.2, 0.25) is 5.91 Å². The topological polar surface area (TPSA) is 103 Å². The SMILES string of the molecule is COc1ccc(-c2cc(C(=O)NC(C)C(=O)NCc3ccco3)c3ccccc3n2)cc1OC. The normalized spacial score (nSPS) is 11.6. The number of hydrogen-bond acceptors (Lipinski definition) is 6. The number of methoxy groups -OCH3 is 2. The highest BCUT2D eigenvalue weighted by Crippen LogP contribution is 2.33. The number of nitrogens with one attached hydrogen (secondary N) is 2. The number of amides is 2. The number of benzene rings is 2. The van der Waals surface area contributed by atoms with Crippen molar-refractivity contribution in [3.63, 3.8) is 0 Å². The number of rotatable bonds is 8. The predicted molar refractivity (Wildman–Crippen MR) is 128 cm³/mol. The lowest BCUT2D eigenvalue weighted by Gasteiger charge is -2.16. The molecule has 4 rings (SSSR count). The van der Waals surface area contributed by atoms with E-state index in [0.29, 0.717) is 39.4 Å². The van der Waals surface area contributed by atoms with Crippen LogP contribution in [-0.4, -0.2) is 37.1 Å². The molecule has 2 N–H and O–H groups in total. The zero-order valence-electron chi connectivity index (χ0n) is 19.1. The fraction of sp³-hybridized carbons (Fsp3) is 0.192. The third-order valence-corrected chi connectivity index (χ3v) is 5.40. The van der Waals surface area contributed by atoms with E-state index in [0.717, 1.165) is 5.56 Å². The van der Waals surface area contributed by atoms with Crippen molar-refractivity contribution >= 4 is 22.7 Å². The summed E-state index contributed by atoms with van der Waals surface area (Å²) in [5, 5.41) is 6.23. The van der Waals surface area contributed by atoms with Crippen molar-refractivity contribution in [1.29, 1.82) is 0 Å². The summed E-state index contributed by atoms with van der Waals surface area (Å²) in [5.74, 6) is 1.10. The number of ether oxygens (including phenoxy) is 2. The molecule has 2 aromatic heterocycles. The zero-order chi connectivity index (χ0) is 24.1. The van der Waals surface area contributed by atoms with E-state index in [2.05, 4.69) is 10.6 Å². The maximum atomic E-state index is 13.2. The van der Waals surface area contributed by atoms with E-state index in [-0.39, 0.29) is 18.4 Å². The second kappa shape index (κ2) is 10.1. The quantitative estimate of drug-likeness (QED) is 0.414. The van der Waals surface area contributed by atoms with Gasteiger partial charge in [-0.3, -0.25) is 9.59 Å².